The maximum atomic E-state index is 13.1. The van der Waals surface area contributed by atoms with Crippen molar-refractivity contribution in [3.63, 3.8) is 0 Å². The lowest BCUT2D eigenvalue weighted by Crippen LogP contribution is -2.35. The molecular weight excluding hydrogens is 374 g/mol. The number of halogens is 1. The number of para-hydroxylation sites is 1. The number of carbonyl (C=O) groups excluding carboxylic acids is 1. The van der Waals surface area contributed by atoms with E-state index in [0.717, 1.165) is 17.7 Å². The summed E-state index contributed by atoms with van der Waals surface area (Å²) in [5.41, 5.74) is 7.60. The molecule has 1 aliphatic heterocycles. The molecule has 0 radical (unpaired) electrons. The van der Waals surface area contributed by atoms with Crippen molar-refractivity contribution >= 4 is 18.3 Å². The molecule has 2 aromatic carbocycles. The van der Waals surface area contributed by atoms with Gasteiger partial charge < -0.3 is 10.6 Å². The quantitative estimate of drug-likeness (QED) is 0.733. The minimum absolute atomic E-state index is 0. The van der Waals surface area contributed by atoms with Crippen LogP contribution in [0.15, 0.2) is 60.7 Å². The summed E-state index contributed by atoms with van der Waals surface area (Å²) in [6, 6.07) is 19.7. The normalized spacial score (nSPS) is 18.7. The highest BCUT2D eigenvalue weighted by Crippen LogP contribution is 2.25. The monoisotopic (exact) mass is 397 g/mol. The van der Waals surface area contributed by atoms with Crippen LogP contribution in [0.25, 0.3) is 17.1 Å². The van der Waals surface area contributed by atoms with E-state index in [9.17, 15) is 4.79 Å². The van der Waals surface area contributed by atoms with Crippen molar-refractivity contribution in [3.05, 3.63) is 66.5 Å². The fraction of sp³-hybridized carbons (Fsp3) is 0.286. The number of hydrogen-bond acceptors (Lipinski definition) is 4. The number of likely N-dealkylation sites (tertiary alicyclic amines) is 1. The molecule has 1 fully saturated rings. The Morgan fingerprint density at radius 2 is 1.75 bits per heavy atom. The second-order valence-electron chi connectivity index (χ2n) is 7.02. The minimum atomic E-state index is -0.134. The van der Waals surface area contributed by atoms with Crippen molar-refractivity contribution in [1.29, 1.82) is 0 Å². The van der Waals surface area contributed by atoms with Gasteiger partial charge in [0.2, 0.25) is 5.82 Å². The van der Waals surface area contributed by atoms with Crippen LogP contribution < -0.4 is 5.73 Å². The first-order chi connectivity index (χ1) is 13.2. The van der Waals surface area contributed by atoms with Crippen LogP contribution in [-0.2, 0) is 0 Å². The van der Waals surface area contributed by atoms with Crippen LogP contribution in [0.2, 0.25) is 0 Å². The summed E-state index contributed by atoms with van der Waals surface area (Å²) < 4.78 is 1.74. The van der Waals surface area contributed by atoms with E-state index in [0.29, 0.717) is 24.8 Å². The smallest absolute Gasteiger partial charge is 0.293 e. The molecule has 0 saturated carbocycles. The molecule has 7 heteroatoms. The van der Waals surface area contributed by atoms with Gasteiger partial charge in [0.15, 0.2) is 5.82 Å². The molecule has 0 aliphatic carbocycles. The Balaban J connectivity index is 0.00000225. The van der Waals surface area contributed by atoms with E-state index < -0.39 is 0 Å². The highest BCUT2D eigenvalue weighted by molar-refractivity contribution is 5.91. The second kappa shape index (κ2) is 8.54. The van der Waals surface area contributed by atoms with E-state index in [4.69, 9.17) is 5.73 Å². The molecule has 1 aliphatic rings. The molecule has 2 unspecified atom stereocenters. The Morgan fingerprint density at radius 3 is 2.36 bits per heavy atom. The molecule has 0 spiro atoms. The molecule has 1 aromatic heterocycles. The van der Waals surface area contributed by atoms with Gasteiger partial charge in [0.1, 0.15) is 0 Å². The molecule has 4 rings (SSSR count). The fourth-order valence-corrected chi connectivity index (χ4v) is 3.65. The van der Waals surface area contributed by atoms with Crippen LogP contribution in [0.5, 0.6) is 0 Å². The maximum absolute atomic E-state index is 13.1. The van der Waals surface area contributed by atoms with Crippen LogP contribution in [0.3, 0.4) is 0 Å². The summed E-state index contributed by atoms with van der Waals surface area (Å²) >= 11 is 0. The third-order valence-electron chi connectivity index (χ3n) is 5.09. The Bertz CT molecular complexity index is 871. The lowest BCUT2D eigenvalue weighted by atomic mass is 10.1. The Kier molecular flexibility index (Phi) is 6.11. The molecular formula is C21H24ClN5O. The third kappa shape index (κ3) is 3.79. The zero-order chi connectivity index (χ0) is 18.8. The molecule has 1 amide bonds. The summed E-state index contributed by atoms with van der Waals surface area (Å²) in [5, 5.41) is 4.57. The fourth-order valence-electron chi connectivity index (χ4n) is 3.65. The van der Waals surface area contributed by atoms with Gasteiger partial charge >= 0.3 is 0 Å². The molecule has 1 saturated heterocycles. The van der Waals surface area contributed by atoms with Gasteiger partial charge in [0.05, 0.1) is 5.69 Å². The van der Waals surface area contributed by atoms with Crippen LogP contribution in [0.4, 0.5) is 0 Å². The predicted octanol–water partition coefficient (Wildman–Crippen LogP) is 3.17. The number of nitrogens with two attached hydrogens (primary N) is 1. The van der Waals surface area contributed by atoms with Crippen LogP contribution in [0, 0.1) is 5.92 Å². The van der Waals surface area contributed by atoms with Gasteiger partial charge in [0, 0.05) is 18.2 Å². The first kappa shape index (κ1) is 20.0. The summed E-state index contributed by atoms with van der Waals surface area (Å²) in [7, 11) is 0. The van der Waals surface area contributed by atoms with Crippen molar-refractivity contribution in [2.75, 3.05) is 13.1 Å². The lowest BCUT2D eigenvalue weighted by molar-refractivity contribution is 0.0731. The highest BCUT2D eigenvalue weighted by Gasteiger charge is 2.34. The van der Waals surface area contributed by atoms with E-state index >= 15 is 0 Å². The van der Waals surface area contributed by atoms with E-state index in [1.165, 1.54) is 0 Å². The SMILES string of the molecule is CC1CC(CN)CN1C(=O)c1nc(-c2ccccc2)n(-c2ccccc2)n1.Cl. The predicted molar refractivity (Wildman–Crippen MR) is 112 cm³/mol. The van der Waals surface area contributed by atoms with E-state index in [1.807, 2.05) is 65.6 Å². The van der Waals surface area contributed by atoms with Gasteiger partial charge in [-0.25, -0.2) is 9.67 Å². The van der Waals surface area contributed by atoms with E-state index in [-0.39, 0.29) is 30.2 Å². The first-order valence-corrected chi connectivity index (χ1v) is 9.26. The largest absolute Gasteiger partial charge is 0.333 e. The van der Waals surface area contributed by atoms with Crippen molar-refractivity contribution in [1.82, 2.24) is 19.7 Å². The van der Waals surface area contributed by atoms with Gasteiger partial charge in [0.25, 0.3) is 5.91 Å². The standard InChI is InChI=1S/C21H23N5O.ClH/c1-15-12-16(13-22)14-25(15)21(27)19-23-20(17-8-4-2-5-9-17)26(24-19)18-10-6-3-7-11-18;/h2-11,15-16H,12-14,22H2,1H3;1H. The van der Waals surface area contributed by atoms with Gasteiger partial charge in [-0.15, -0.1) is 17.5 Å². The number of nitrogens with zero attached hydrogens (tertiary/aromatic N) is 4. The molecule has 28 heavy (non-hydrogen) atoms. The van der Waals surface area contributed by atoms with Gasteiger partial charge in [-0.05, 0) is 37.9 Å². The zero-order valence-electron chi connectivity index (χ0n) is 15.7. The summed E-state index contributed by atoms with van der Waals surface area (Å²) in [4.78, 5) is 19.6. The van der Waals surface area contributed by atoms with Gasteiger partial charge in [-0.2, -0.15) is 0 Å². The number of carbonyl (C=O) groups is 1. The Hall–Kier alpha value is -2.70. The first-order valence-electron chi connectivity index (χ1n) is 9.26. The number of aromatic nitrogens is 3. The average Bonchev–Trinajstić information content (AvgIpc) is 3.33. The summed E-state index contributed by atoms with van der Waals surface area (Å²) in [6.45, 7) is 3.31. The maximum Gasteiger partial charge on any atom is 0.293 e. The summed E-state index contributed by atoms with van der Waals surface area (Å²) in [5.74, 6) is 1.09. The third-order valence-corrected chi connectivity index (χ3v) is 5.09. The summed E-state index contributed by atoms with van der Waals surface area (Å²) in [6.07, 6.45) is 0.924. The molecule has 6 nitrogen and oxygen atoms in total. The molecule has 2 N–H and O–H groups in total. The van der Waals surface area contributed by atoms with Crippen molar-refractivity contribution in [2.45, 2.75) is 19.4 Å². The molecule has 3 aromatic rings. The average molecular weight is 398 g/mol. The van der Waals surface area contributed by atoms with Crippen LogP contribution >= 0.6 is 12.4 Å². The van der Waals surface area contributed by atoms with E-state index in [1.54, 1.807) is 4.68 Å². The number of benzene rings is 2. The number of rotatable bonds is 4. The zero-order valence-corrected chi connectivity index (χ0v) is 16.5. The number of amides is 1. The van der Waals surface area contributed by atoms with Crippen molar-refractivity contribution < 1.29 is 4.79 Å². The molecule has 0 bridgehead atoms. The molecule has 2 heterocycles. The topological polar surface area (TPSA) is 77.0 Å². The van der Waals surface area contributed by atoms with Gasteiger partial charge in [-0.3, -0.25) is 4.79 Å². The Labute approximate surface area is 170 Å². The second-order valence-corrected chi connectivity index (χ2v) is 7.02. The van der Waals surface area contributed by atoms with Crippen LogP contribution in [-0.4, -0.2) is 44.7 Å². The number of hydrogen-bond donors (Lipinski definition) is 1. The van der Waals surface area contributed by atoms with E-state index in [2.05, 4.69) is 17.0 Å². The van der Waals surface area contributed by atoms with Crippen molar-refractivity contribution in [3.8, 4) is 17.1 Å². The lowest BCUT2D eigenvalue weighted by Gasteiger charge is -2.19. The highest BCUT2D eigenvalue weighted by atomic mass is 35.5. The van der Waals surface area contributed by atoms with Crippen molar-refractivity contribution in [2.24, 2.45) is 11.7 Å². The Morgan fingerprint density at radius 1 is 1.11 bits per heavy atom. The van der Waals surface area contributed by atoms with Gasteiger partial charge in [-0.1, -0.05) is 48.5 Å². The molecule has 2 atom stereocenters. The van der Waals surface area contributed by atoms with Crippen LogP contribution in [0.1, 0.15) is 24.0 Å². The minimum Gasteiger partial charge on any atom is -0.333 e. The molecule has 146 valence electrons.